The van der Waals surface area contributed by atoms with E-state index in [4.69, 9.17) is 14.2 Å². The van der Waals surface area contributed by atoms with Crippen LogP contribution in [0.25, 0.3) is 0 Å². The van der Waals surface area contributed by atoms with Gasteiger partial charge in [-0.2, -0.15) is 0 Å². The number of anilines is 1. The first-order valence-corrected chi connectivity index (χ1v) is 13.7. The van der Waals surface area contributed by atoms with Crippen LogP contribution in [0.5, 0.6) is 17.2 Å². The van der Waals surface area contributed by atoms with Crippen LogP contribution in [0.1, 0.15) is 28.8 Å². The predicted octanol–water partition coefficient (Wildman–Crippen LogP) is 3.02. The molecule has 2 saturated heterocycles. The largest absolute Gasteiger partial charge is 0.496 e. The Hall–Kier alpha value is -4.73. The molecule has 0 unspecified atom stereocenters. The normalized spacial score (nSPS) is 17.2. The van der Waals surface area contributed by atoms with E-state index in [1.165, 1.54) is 0 Å². The molecule has 3 aliphatic rings. The third-order valence-electron chi connectivity index (χ3n) is 8.06. The molecule has 3 amide bonds. The zero-order chi connectivity index (χ0) is 28.4. The number of rotatable bonds is 7. The highest BCUT2D eigenvalue weighted by Crippen LogP contribution is 2.40. The van der Waals surface area contributed by atoms with E-state index in [2.05, 4.69) is 10.2 Å². The first kappa shape index (κ1) is 26.5. The molecular weight excluding hydrogens is 524 g/mol. The van der Waals surface area contributed by atoms with E-state index in [-0.39, 0.29) is 31.1 Å². The number of benzene rings is 3. The Kier molecular flexibility index (Phi) is 7.13. The van der Waals surface area contributed by atoms with E-state index in [0.717, 1.165) is 11.3 Å². The number of nitrogens with one attached hydrogen (secondary N) is 1. The average molecular weight is 557 g/mol. The molecule has 1 N–H and O–H groups in total. The number of carbonyl (C=O) groups is 3. The molecule has 0 aliphatic carbocycles. The van der Waals surface area contributed by atoms with Gasteiger partial charge in [0, 0.05) is 25.3 Å². The molecule has 0 atom stereocenters. The van der Waals surface area contributed by atoms with Crippen molar-refractivity contribution in [3.05, 3.63) is 83.9 Å². The first-order valence-electron chi connectivity index (χ1n) is 13.7. The van der Waals surface area contributed by atoms with E-state index >= 15 is 0 Å². The van der Waals surface area contributed by atoms with Gasteiger partial charge >= 0.3 is 0 Å². The monoisotopic (exact) mass is 556 g/mol. The van der Waals surface area contributed by atoms with E-state index < -0.39 is 5.54 Å². The molecule has 10 nitrogen and oxygen atoms in total. The van der Waals surface area contributed by atoms with Crippen molar-refractivity contribution in [3.8, 4) is 17.2 Å². The van der Waals surface area contributed by atoms with Crippen LogP contribution in [0.15, 0.2) is 72.8 Å². The molecule has 0 bridgehead atoms. The zero-order valence-corrected chi connectivity index (χ0v) is 22.9. The summed E-state index contributed by atoms with van der Waals surface area (Å²) in [5, 5.41) is 2.92. The lowest BCUT2D eigenvalue weighted by Crippen LogP contribution is -2.57. The first-order chi connectivity index (χ1) is 20.0. The van der Waals surface area contributed by atoms with Crippen molar-refractivity contribution >= 4 is 23.4 Å². The number of amides is 3. The maximum absolute atomic E-state index is 14.0. The molecule has 10 heteroatoms. The Balaban J connectivity index is 1.15. The summed E-state index contributed by atoms with van der Waals surface area (Å²) < 4.78 is 16.2. The molecule has 0 radical (unpaired) electrons. The van der Waals surface area contributed by atoms with Gasteiger partial charge in [0.2, 0.25) is 12.7 Å². The zero-order valence-electron chi connectivity index (χ0n) is 22.9. The average Bonchev–Trinajstić information content (AvgIpc) is 3.59. The van der Waals surface area contributed by atoms with Crippen LogP contribution < -0.4 is 24.4 Å². The summed E-state index contributed by atoms with van der Waals surface area (Å²) in [6.07, 6.45) is 0.911. The number of carbonyl (C=O) groups excluding carboxylic acids is 3. The Labute approximate surface area is 238 Å². The van der Waals surface area contributed by atoms with E-state index in [1.54, 1.807) is 29.0 Å². The van der Waals surface area contributed by atoms with Gasteiger partial charge in [-0.15, -0.1) is 0 Å². The number of methoxy groups -OCH3 is 1. The topological polar surface area (TPSA) is 101 Å². The van der Waals surface area contributed by atoms with Crippen molar-refractivity contribution in [3.63, 3.8) is 0 Å². The van der Waals surface area contributed by atoms with Crippen LogP contribution in [0.2, 0.25) is 0 Å². The Bertz CT molecular complexity index is 1450. The molecule has 3 heterocycles. The number of ether oxygens (including phenoxy) is 3. The molecule has 6 rings (SSSR count). The van der Waals surface area contributed by atoms with Crippen molar-refractivity contribution in [2.24, 2.45) is 0 Å². The van der Waals surface area contributed by atoms with Gasteiger partial charge in [-0.1, -0.05) is 36.4 Å². The van der Waals surface area contributed by atoms with Gasteiger partial charge in [-0.05, 0) is 54.8 Å². The van der Waals surface area contributed by atoms with Gasteiger partial charge in [0.1, 0.15) is 17.8 Å². The van der Waals surface area contributed by atoms with E-state index in [1.807, 2.05) is 60.7 Å². The van der Waals surface area contributed by atoms with Crippen molar-refractivity contribution in [1.29, 1.82) is 0 Å². The lowest BCUT2D eigenvalue weighted by atomic mass is 9.85. The highest BCUT2D eigenvalue weighted by molar-refractivity contribution is 5.99. The fourth-order valence-corrected chi connectivity index (χ4v) is 5.87. The van der Waals surface area contributed by atoms with Gasteiger partial charge in [-0.25, -0.2) is 0 Å². The third-order valence-corrected chi connectivity index (χ3v) is 8.06. The van der Waals surface area contributed by atoms with Crippen LogP contribution in [0, 0.1) is 0 Å². The van der Waals surface area contributed by atoms with Crippen molar-refractivity contribution in [2.75, 3.05) is 45.1 Å². The lowest BCUT2D eigenvalue weighted by molar-refractivity contribution is -0.137. The van der Waals surface area contributed by atoms with Crippen LogP contribution in [0.4, 0.5) is 5.69 Å². The maximum Gasteiger partial charge on any atom is 0.257 e. The van der Waals surface area contributed by atoms with Gasteiger partial charge < -0.3 is 34.2 Å². The SMILES string of the molecule is COc1ccccc1C(=O)N1CCC2(CC1)C(=O)N(CC(=O)NCc1ccc3c(c1)OCO3)CN2c1ccccc1. The second kappa shape index (κ2) is 11.0. The minimum atomic E-state index is -0.837. The van der Waals surface area contributed by atoms with Crippen LogP contribution in [-0.2, 0) is 16.1 Å². The van der Waals surface area contributed by atoms with E-state index in [9.17, 15) is 14.4 Å². The minimum Gasteiger partial charge on any atom is -0.496 e. The summed E-state index contributed by atoms with van der Waals surface area (Å²) in [5.74, 6) is 1.41. The van der Waals surface area contributed by atoms with Crippen LogP contribution in [-0.4, -0.2) is 73.3 Å². The molecule has 3 aromatic rings. The number of hydrogen-bond acceptors (Lipinski definition) is 7. The standard InChI is InChI=1S/C31H32N4O6/c1-39-25-10-6-5-9-24(25)29(37)33-15-13-31(14-16-33)30(38)34(20-35(31)23-7-3-2-4-8-23)19-28(36)32-18-22-11-12-26-27(17-22)41-21-40-26/h2-12,17H,13-16,18-21H2,1H3,(H,32,36). The fraction of sp³-hybridized carbons (Fsp3) is 0.323. The molecule has 3 aliphatic heterocycles. The molecule has 1 spiro atoms. The summed E-state index contributed by atoms with van der Waals surface area (Å²) in [4.78, 5) is 45.8. The second-order valence-electron chi connectivity index (χ2n) is 10.4. The minimum absolute atomic E-state index is 0.0572. The maximum atomic E-state index is 14.0. The van der Waals surface area contributed by atoms with Crippen molar-refractivity contribution < 1.29 is 28.6 Å². The number of fused-ring (bicyclic) bond motifs is 1. The second-order valence-corrected chi connectivity index (χ2v) is 10.4. The highest BCUT2D eigenvalue weighted by atomic mass is 16.7. The molecule has 2 fully saturated rings. The molecular formula is C31H32N4O6. The molecule has 41 heavy (non-hydrogen) atoms. The van der Waals surface area contributed by atoms with Gasteiger partial charge in [-0.3, -0.25) is 14.4 Å². The predicted molar refractivity (Wildman–Crippen MR) is 151 cm³/mol. The molecule has 212 valence electrons. The van der Waals surface area contributed by atoms with Crippen molar-refractivity contribution in [2.45, 2.75) is 24.9 Å². The lowest BCUT2D eigenvalue weighted by Gasteiger charge is -2.43. The van der Waals surface area contributed by atoms with Crippen LogP contribution >= 0.6 is 0 Å². The summed E-state index contributed by atoms with van der Waals surface area (Å²) >= 11 is 0. The molecule has 0 aromatic heterocycles. The number of nitrogens with zero attached hydrogens (tertiary/aromatic N) is 3. The summed E-state index contributed by atoms with van der Waals surface area (Å²) in [7, 11) is 1.55. The number of piperidine rings is 1. The third kappa shape index (κ3) is 5.01. The Morgan fingerprint density at radius 1 is 0.951 bits per heavy atom. The summed E-state index contributed by atoms with van der Waals surface area (Å²) in [6, 6.07) is 22.5. The Morgan fingerprint density at radius 2 is 1.68 bits per heavy atom. The smallest absolute Gasteiger partial charge is 0.257 e. The fourth-order valence-electron chi connectivity index (χ4n) is 5.87. The van der Waals surface area contributed by atoms with Gasteiger partial charge in [0.05, 0.1) is 19.3 Å². The Morgan fingerprint density at radius 3 is 2.46 bits per heavy atom. The number of hydrogen-bond donors (Lipinski definition) is 1. The molecule has 0 saturated carbocycles. The van der Waals surface area contributed by atoms with Gasteiger partial charge in [0.25, 0.3) is 11.8 Å². The summed E-state index contributed by atoms with van der Waals surface area (Å²) in [6.45, 7) is 1.56. The number of likely N-dealkylation sites (tertiary alicyclic amines) is 1. The quantitative estimate of drug-likeness (QED) is 0.478. The van der Waals surface area contributed by atoms with Crippen LogP contribution in [0.3, 0.4) is 0 Å². The number of para-hydroxylation sites is 2. The highest BCUT2D eigenvalue weighted by Gasteiger charge is 2.54. The molecule has 3 aromatic carbocycles. The van der Waals surface area contributed by atoms with Gasteiger partial charge in [0.15, 0.2) is 11.5 Å². The summed E-state index contributed by atoms with van der Waals surface area (Å²) in [5.41, 5.74) is 1.46. The van der Waals surface area contributed by atoms with E-state index in [0.29, 0.717) is 62.0 Å². The van der Waals surface area contributed by atoms with Crippen molar-refractivity contribution in [1.82, 2.24) is 15.1 Å².